The van der Waals surface area contributed by atoms with E-state index in [0.29, 0.717) is 0 Å². The van der Waals surface area contributed by atoms with E-state index in [4.69, 9.17) is 9.47 Å². The molecule has 14 heavy (non-hydrogen) atoms. The second-order valence-electron chi connectivity index (χ2n) is 2.76. The van der Waals surface area contributed by atoms with Gasteiger partial charge in [0.05, 0.1) is 21.8 Å². The minimum Gasteiger partial charge on any atom is -0.496 e. The molecule has 2 aromatic rings. The summed E-state index contributed by atoms with van der Waals surface area (Å²) in [7, 11) is 3.37. The summed E-state index contributed by atoms with van der Waals surface area (Å²) in [5.41, 5.74) is 0. The molecule has 0 spiro atoms. The van der Waals surface area contributed by atoms with Crippen LogP contribution >= 0.6 is 33.9 Å². The molecule has 0 fully saturated rings. The third kappa shape index (κ3) is 1.56. The highest BCUT2D eigenvalue weighted by Crippen LogP contribution is 2.39. The van der Waals surface area contributed by atoms with Gasteiger partial charge in [-0.05, 0) is 40.8 Å². The molecule has 0 amide bonds. The maximum Gasteiger partial charge on any atom is 0.136 e. The summed E-state index contributed by atoms with van der Waals surface area (Å²) in [5.74, 6) is 1.81. The molecule has 1 aromatic heterocycles. The Morgan fingerprint density at radius 3 is 2.43 bits per heavy atom. The molecule has 0 N–H and O–H groups in total. The maximum absolute atomic E-state index is 5.29. The molecule has 0 radical (unpaired) electrons. The zero-order chi connectivity index (χ0) is 10.1. The normalized spacial score (nSPS) is 10.5. The predicted molar refractivity (Wildman–Crippen MR) is 67.6 cm³/mol. The number of benzene rings is 1. The molecular formula is C10H9IO2S. The van der Waals surface area contributed by atoms with Crippen molar-refractivity contribution < 1.29 is 9.47 Å². The number of halogens is 1. The second kappa shape index (κ2) is 3.94. The van der Waals surface area contributed by atoms with E-state index in [1.807, 2.05) is 12.1 Å². The molecule has 0 bridgehead atoms. The van der Waals surface area contributed by atoms with Crippen LogP contribution in [0.2, 0.25) is 0 Å². The lowest BCUT2D eigenvalue weighted by atomic mass is 10.2. The van der Waals surface area contributed by atoms with Gasteiger partial charge in [0.25, 0.3) is 0 Å². The first-order valence-corrected chi connectivity index (χ1v) is 5.96. The number of hydrogen-bond acceptors (Lipinski definition) is 3. The molecule has 1 heterocycles. The van der Waals surface area contributed by atoms with Crippen LogP contribution in [-0.4, -0.2) is 14.2 Å². The van der Waals surface area contributed by atoms with Crippen molar-refractivity contribution in [2.24, 2.45) is 0 Å². The molecule has 4 heteroatoms. The number of thiophene rings is 1. The van der Waals surface area contributed by atoms with E-state index >= 15 is 0 Å². The van der Waals surface area contributed by atoms with Crippen molar-refractivity contribution in [1.82, 2.24) is 0 Å². The van der Waals surface area contributed by atoms with Crippen molar-refractivity contribution in [1.29, 1.82) is 0 Å². The molecule has 2 rings (SSSR count). The third-order valence-electron chi connectivity index (χ3n) is 2.02. The summed E-state index contributed by atoms with van der Waals surface area (Å²) < 4.78 is 13.0. The number of ether oxygens (including phenoxy) is 2. The van der Waals surface area contributed by atoms with Gasteiger partial charge in [-0.3, -0.25) is 0 Å². The Bertz CT molecular complexity index is 423. The molecule has 0 unspecified atom stereocenters. The van der Waals surface area contributed by atoms with Gasteiger partial charge in [0.1, 0.15) is 11.5 Å². The van der Waals surface area contributed by atoms with E-state index in [0.717, 1.165) is 21.6 Å². The Morgan fingerprint density at radius 1 is 1.14 bits per heavy atom. The Balaban J connectivity index is 2.77. The fourth-order valence-corrected chi connectivity index (χ4v) is 3.25. The van der Waals surface area contributed by atoms with Gasteiger partial charge < -0.3 is 9.47 Å². The highest BCUT2D eigenvalue weighted by Gasteiger charge is 2.10. The molecule has 0 saturated carbocycles. The Morgan fingerprint density at radius 2 is 1.79 bits per heavy atom. The highest BCUT2D eigenvalue weighted by atomic mass is 127. The van der Waals surface area contributed by atoms with Gasteiger partial charge in [-0.2, -0.15) is 0 Å². The topological polar surface area (TPSA) is 18.5 Å². The van der Waals surface area contributed by atoms with Crippen LogP contribution in [-0.2, 0) is 0 Å². The van der Waals surface area contributed by atoms with Gasteiger partial charge >= 0.3 is 0 Å². The van der Waals surface area contributed by atoms with Crippen LogP contribution in [0.1, 0.15) is 0 Å². The fourth-order valence-electron chi connectivity index (χ4n) is 1.38. The highest BCUT2D eigenvalue weighted by molar-refractivity contribution is 14.1. The lowest BCUT2D eigenvalue weighted by molar-refractivity contribution is 0.411. The number of rotatable bonds is 2. The lowest BCUT2D eigenvalue weighted by Crippen LogP contribution is -1.86. The van der Waals surface area contributed by atoms with E-state index in [-0.39, 0.29) is 0 Å². The van der Waals surface area contributed by atoms with Crippen LogP contribution < -0.4 is 9.47 Å². The SMILES string of the molecule is COc1ccc(OC)c2sc(I)cc12. The molecule has 0 atom stereocenters. The van der Waals surface area contributed by atoms with Crippen molar-refractivity contribution in [2.45, 2.75) is 0 Å². The van der Waals surface area contributed by atoms with Crippen LogP contribution in [0.15, 0.2) is 18.2 Å². The average molecular weight is 320 g/mol. The number of hydrogen-bond donors (Lipinski definition) is 0. The Kier molecular flexibility index (Phi) is 2.83. The molecular weight excluding hydrogens is 311 g/mol. The van der Waals surface area contributed by atoms with E-state index in [1.165, 1.54) is 2.88 Å². The quantitative estimate of drug-likeness (QED) is 0.788. The maximum atomic E-state index is 5.29. The molecule has 0 saturated heterocycles. The lowest BCUT2D eigenvalue weighted by Gasteiger charge is -2.04. The van der Waals surface area contributed by atoms with Crippen LogP contribution in [0, 0.1) is 2.88 Å². The van der Waals surface area contributed by atoms with E-state index in [1.54, 1.807) is 25.6 Å². The first-order chi connectivity index (χ1) is 6.76. The molecule has 2 nitrogen and oxygen atoms in total. The van der Waals surface area contributed by atoms with Crippen LogP contribution in [0.3, 0.4) is 0 Å². The van der Waals surface area contributed by atoms with Crippen molar-refractivity contribution in [3.05, 3.63) is 21.1 Å². The zero-order valence-corrected chi connectivity index (χ0v) is 10.8. The fraction of sp³-hybridized carbons (Fsp3) is 0.200. The van der Waals surface area contributed by atoms with Crippen molar-refractivity contribution in [3.63, 3.8) is 0 Å². The summed E-state index contributed by atoms with van der Waals surface area (Å²) in [6.45, 7) is 0. The van der Waals surface area contributed by atoms with E-state index in [2.05, 4.69) is 28.7 Å². The van der Waals surface area contributed by atoms with E-state index < -0.39 is 0 Å². The van der Waals surface area contributed by atoms with Gasteiger partial charge in [0.2, 0.25) is 0 Å². The molecule has 74 valence electrons. The standard InChI is InChI=1S/C10H9IO2S/c1-12-7-3-4-8(13-2)10-6(7)5-9(11)14-10/h3-5H,1-2H3. The summed E-state index contributed by atoms with van der Waals surface area (Å²) in [4.78, 5) is 0. The minimum absolute atomic E-state index is 0.903. The van der Waals surface area contributed by atoms with Crippen molar-refractivity contribution >= 4 is 44.0 Å². The van der Waals surface area contributed by atoms with Crippen molar-refractivity contribution in [2.75, 3.05) is 14.2 Å². The van der Waals surface area contributed by atoms with Crippen LogP contribution in [0.5, 0.6) is 11.5 Å². The van der Waals surface area contributed by atoms with Gasteiger partial charge in [0.15, 0.2) is 0 Å². The molecule has 1 aromatic carbocycles. The Labute approximate surface area is 100.0 Å². The van der Waals surface area contributed by atoms with Gasteiger partial charge in [-0.15, -0.1) is 11.3 Å². The summed E-state index contributed by atoms with van der Waals surface area (Å²) in [6, 6.07) is 5.99. The van der Waals surface area contributed by atoms with Crippen molar-refractivity contribution in [3.8, 4) is 11.5 Å². The number of fused-ring (bicyclic) bond motifs is 1. The van der Waals surface area contributed by atoms with Gasteiger partial charge in [-0.1, -0.05) is 0 Å². The number of methoxy groups -OCH3 is 2. The first kappa shape index (κ1) is 10.0. The van der Waals surface area contributed by atoms with Gasteiger partial charge in [-0.25, -0.2) is 0 Å². The second-order valence-corrected chi connectivity index (χ2v) is 5.71. The molecule has 0 aliphatic carbocycles. The predicted octanol–water partition coefficient (Wildman–Crippen LogP) is 3.52. The molecule has 0 aliphatic rings. The zero-order valence-electron chi connectivity index (χ0n) is 7.83. The third-order valence-corrected chi connectivity index (χ3v) is 3.93. The molecule has 0 aliphatic heterocycles. The average Bonchev–Trinajstić information content (AvgIpc) is 2.57. The van der Waals surface area contributed by atoms with Crippen LogP contribution in [0.25, 0.3) is 10.1 Å². The summed E-state index contributed by atoms with van der Waals surface area (Å²) >= 11 is 4.02. The minimum atomic E-state index is 0.903. The van der Waals surface area contributed by atoms with E-state index in [9.17, 15) is 0 Å². The smallest absolute Gasteiger partial charge is 0.136 e. The van der Waals surface area contributed by atoms with Gasteiger partial charge in [0, 0.05) is 5.39 Å². The van der Waals surface area contributed by atoms with Crippen LogP contribution in [0.4, 0.5) is 0 Å². The first-order valence-electron chi connectivity index (χ1n) is 4.06. The summed E-state index contributed by atoms with van der Waals surface area (Å²) in [5, 5.41) is 1.13. The summed E-state index contributed by atoms with van der Waals surface area (Å²) in [6.07, 6.45) is 0. The Hall–Kier alpha value is -0.490. The monoisotopic (exact) mass is 320 g/mol. The largest absolute Gasteiger partial charge is 0.496 e.